The molecule has 1 N–H and O–H groups in total. The van der Waals surface area contributed by atoms with E-state index >= 15 is 0 Å². The summed E-state index contributed by atoms with van der Waals surface area (Å²) in [6.45, 7) is 6.09. The Kier molecular flexibility index (Phi) is 7.72. The summed E-state index contributed by atoms with van der Waals surface area (Å²) in [7, 11) is 1.63. The maximum absolute atomic E-state index is 12.9. The van der Waals surface area contributed by atoms with Crippen LogP contribution in [0.15, 0.2) is 78.0 Å². The number of aromatic nitrogens is 3. The van der Waals surface area contributed by atoms with Crippen molar-refractivity contribution >= 4 is 23.4 Å². The number of thioether (sulfide) groups is 1. The monoisotopic (exact) mass is 488 g/mol. The van der Waals surface area contributed by atoms with Crippen molar-refractivity contribution in [3.05, 3.63) is 89.7 Å². The number of nitrogens with one attached hydrogen (secondary N) is 1. The number of anilines is 1. The molecule has 0 fully saturated rings. The van der Waals surface area contributed by atoms with Crippen molar-refractivity contribution in [1.82, 2.24) is 14.8 Å². The number of para-hydroxylation sites is 1. The van der Waals surface area contributed by atoms with Gasteiger partial charge in [-0.1, -0.05) is 47.7 Å². The summed E-state index contributed by atoms with van der Waals surface area (Å²) in [6, 6.07) is 23.2. The first-order valence-electron chi connectivity index (χ1n) is 11.3. The number of amides is 1. The van der Waals surface area contributed by atoms with Gasteiger partial charge in [0, 0.05) is 11.4 Å². The molecule has 35 heavy (non-hydrogen) atoms. The number of ether oxygens (including phenoxy) is 2. The van der Waals surface area contributed by atoms with Gasteiger partial charge in [-0.2, -0.15) is 0 Å². The molecule has 180 valence electrons. The van der Waals surface area contributed by atoms with Crippen LogP contribution in [0.2, 0.25) is 0 Å². The largest absolute Gasteiger partial charge is 0.497 e. The zero-order chi connectivity index (χ0) is 24.8. The van der Waals surface area contributed by atoms with E-state index in [9.17, 15) is 4.79 Å². The van der Waals surface area contributed by atoms with Gasteiger partial charge in [-0.05, 0) is 68.8 Å². The Labute approximate surface area is 209 Å². The normalized spacial score (nSPS) is 11.7. The number of methoxy groups -OCH3 is 1. The summed E-state index contributed by atoms with van der Waals surface area (Å²) in [5, 5.41) is 12.0. The lowest BCUT2D eigenvalue weighted by Crippen LogP contribution is -2.23. The molecule has 0 spiro atoms. The minimum Gasteiger partial charge on any atom is -0.497 e. The molecule has 0 saturated heterocycles. The van der Waals surface area contributed by atoms with Gasteiger partial charge in [0.1, 0.15) is 18.1 Å². The summed E-state index contributed by atoms with van der Waals surface area (Å²) < 4.78 is 13.1. The van der Waals surface area contributed by atoms with Crippen LogP contribution >= 0.6 is 11.8 Å². The Hall–Kier alpha value is -3.78. The molecule has 1 aromatic heterocycles. The third-order valence-electron chi connectivity index (χ3n) is 5.47. The van der Waals surface area contributed by atoms with E-state index in [0.29, 0.717) is 16.7 Å². The van der Waals surface area contributed by atoms with Crippen LogP contribution in [-0.4, -0.2) is 33.0 Å². The second-order valence-electron chi connectivity index (χ2n) is 8.10. The molecule has 1 amide bonds. The van der Waals surface area contributed by atoms with E-state index in [0.717, 1.165) is 28.3 Å². The van der Waals surface area contributed by atoms with Gasteiger partial charge in [0.25, 0.3) is 0 Å². The summed E-state index contributed by atoms with van der Waals surface area (Å²) >= 11 is 1.36. The molecule has 0 aliphatic rings. The highest BCUT2D eigenvalue weighted by atomic mass is 32.2. The summed E-state index contributed by atoms with van der Waals surface area (Å²) in [6.07, 6.45) is 0. The zero-order valence-electron chi connectivity index (χ0n) is 20.2. The molecule has 0 bridgehead atoms. The standard InChI is InChI=1S/C27H28N4O3S/c1-18-9-11-21(12-10-18)31-25(17-34-23-15-13-22(33-4)14-16-23)29-30-27(31)35-20(3)26(32)28-24-8-6-5-7-19(24)2/h5-16,20H,17H2,1-4H3,(H,28,32). The van der Waals surface area contributed by atoms with Crippen LogP contribution < -0.4 is 14.8 Å². The first-order chi connectivity index (χ1) is 16.9. The average Bonchev–Trinajstić information content (AvgIpc) is 3.27. The van der Waals surface area contributed by atoms with Crippen molar-refractivity contribution in [2.24, 2.45) is 0 Å². The van der Waals surface area contributed by atoms with E-state index < -0.39 is 5.25 Å². The Bertz CT molecular complexity index is 1290. The molecular formula is C27H28N4O3S. The minimum atomic E-state index is -0.390. The van der Waals surface area contributed by atoms with E-state index in [1.165, 1.54) is 11.8 Å². The maximum atomic E-state index is 12.9. The molecule has 4 rings (SSSR count). The van der Waals surface area contributed by atoms with Crippen molar-refractivity contribution in [2.45, 2.75) is 37.8 Å². The van der Waals surface area contributed by atoms with Crippen LogP contribution in [0.3, 0.4) is 0 Å². The van der Waals surface area contributed by atoms with Crippen molar-refractivity contribution in [2.75, 3.05) is 12.4 Å². The van der Waals surface area contributed by atoms with E-state index in [-0.39, 0.29) is 12.5 Å². The van der Waals surface area contributed by atoms with Crippen LogP contribution in [0.5, 0.6) is 11.5 Å². The lowest BCUT2D eigenvalue weighted by molar-refractivity contribution is -0.115. The lowest BCUT2D eigenvalue weighted by atomic mass is 10.2. The Morgan fingerprint density at radius 3 is 2.34 bits per heavy atom. The van der Waals surface area contributed by atoms with Crippen molar-refractivity contribution in [3.8, 4) is 17.2 Å². The first-order valence-corrected chi connectivity index (χ1v) is 12.1. The van der Waals surface area contributed by atoms with Crippen molar-refractivity contribution in [1.29, 1.82) is 0 Å². The van der Waals surface area contributed by atoms with Crippen LogP contribution in [0.25, 0.3) is 5.69 Å². The fraction of sp³-hybridized carbons (Fsp3) is 0.222. The Morgan fingerprint density at radius 1 is 0.971 bits per heavy atom. The smallest absolute Gasteiger partial charge is 0.237 e. The predicted octanol–water partition coefficient (Wildman–Crippen LogP) is 5.59. The average molecular weight is 489 g/mol. The fourth-order valence-electron chi connectivity index (χ4n) is 3.40. The molecule has 4 aromatic rings. The third kappa shape index (κ3) is 6.02. The van der Waals surface area contributed by atoms with Gasteiger partial charge in [-0.15, -0.1) is 10.2 Å². The molecule has 7 nitrogen and oxygen atoms in total. The van der Waals surface area contributed by atoms with E-state index in [1.54, 1.807) is 7.11 Å². The van der Waals surface area contributed by atoms with Gasteiger partial charge in [-0.3, -0.25) is 9.36 Å². The number of carbonyl (C=O) groups is 1. The second-order valence-corrected chi connectivity index (χ2v) is 9.41. The quantitative estimate of drug-likeness (QED) is 0.310. The number of aryl methyl sites for hydroxylation is 2. The molecule has 1 unspecified atom stereocenters. The second kappa shape index (κ2) is 11.1. The van der Waals surface area contributed by atoms with E-state index in [2.05, 4.69) is 15.5 Å². The summed E-state index contributed by atoms with van der Waals surface area (Å²) in [4.78, 5) is 12.9. The third-order valence-corrected chi connectivity index (χ3v) is 6.52. The molecule has 8 heteroatoms. The molecular weight excluding hydrogens is 460 g/mol. The SMILES string of the molecule is COc1ccc(OCc2nnc(SC(C)C(=O)Nc3ccccc3C)n2-c2ccc(C)cc2)cc1. The van der Waals surface area contributed by atoms with Gasteiger partial charge in [-0.25, -0.2) is 0 Å². The molecule has 1 atom stereocenters. The predicted molar refractivity (Wildman–Crippen MR) is 139 cm³/mol. The lowest BCUT2D eigenvalue weighted by Gasteiger charge is -2.15. The highest BCUT2D eigenvalue weighted by Crippen LogP contribution is 2.28. The van der Waals surface area contributed by atoms with Gasteiger partial charge in [0.05, 0.1) is 12.4 Å². The fourth-order valence-corrected chi connectivity index (χ4v) is 4.29. The number of nitrogens with zero attached hydrogens (tertiary/aromatic N) is 3. The van der Waals surface area contributed by atoms with Gasteiger partial charge >= 0.3 is 0 Å². The van der Waals surface area contributed by atoms with Crippen LogP contribution in [-0.2, 0) is 11.4 Å². The molecule has 1 heterocycles. The molecule has 0 saturated carbocycles. The highest BCUT2D eigenvalue weighted by molar-refractivity contribution is 8.00. The van der Waals surface area contributed by atoms with Gasteiger partial charge in [0.15, 0.2) is 11.0 Å². The van der Waals surface area contributed by atoms with Crippen molar-refractivity contribution < 1.29 is 14.3 Å². The molecule has 0 aliphatic heterocycles. The van der Waals surface area contributed by atoms with Crippen LogP contribution in [0.1, 0.15) is 23.9 Å². The van der Waals surface area contributed by atoms with E-state index in [1.807, 2.05) is 98.1 Å². The van der Waals surface area contributed by atoms with Crippen molar-refractivity contribution in [3.63, 3.8) is 0 Å². The number of carbonyl (C=O) groups excluding carboxylic acids is 1. The number of hydrogen-bond acceptors (Lipinski definition) is 6. The van der Waals surface area contributed by atoms with E-state index in [4.69, 9.17) is 9.47 Å². The Balaban J connectivity index is 1.55. The van der Waals surface area contributed by atoms with Gasteiger partial charge < -0.3 is 14.8 Å². The maximum Gasteiger partial charge on any atom is 0.237 e. The Morgan fingerprint density at radius 2 is 1.66 bits per heavy atom. The van der Waals surface area contributed by atoms with Crippen LogP contribution in [0.4, 0.5) is 5.69 Å². The topological polar surface area (TPSA) is 78.3 Å². The zero-order valence-corrected chi connectivity index (χ0v) is 21.0. The number of benzene rings is 3. The summed E-state index contributed by atoms with van der Waals surface area (Å²) in [5.74, 6) is 2.00. The molecule has 3 aromatic carbocycles. The number of hydrogen-bond donors (Lipinski definition) is 1. The molecule has 0 aliphatic carbocycles. The van der Waals surface area contributed by atoms with Gasteiger partial charge in [0.2, 0.25) is 5.91 Å². The first kappa shape index (κ1) is 24.3. The summed E-state index contributed by atoms with van der Waals surface area (Å²) in [5.41, 5.74) is 3.87. The van der Waals surface area contributed by atoms with Crippen LogP contribution in [0, 0.1) is 13.8 Å². The number of rotatable bonds is 9. The molecule has 0 radical (unpaired) electrons. The minimum absolute atomic E-state index is 0.0983. The highest BCUT2D eigenvalue weighted by Gasteiger charge is 2.22.